The van der Waals surface area contributed by atoms with Crippen molar-refractivity contribution in [1.29, 1.82) is 0 Å². The monoisotopic (exact) mass is 204 g/mol. The van der Waals surface area contributed by atoms with Crippen molar-refractivity contribution in [1.82, 2.24) is 0 Å². The zero-order valence-electron chi connectivity index (χ0n) is 9.25. The Morgan fingerprint density at radius 2 is 2.00 bits per heavy atom. The molecule has 1 aliphatic rings. The average molecular weight is 204 g/mol. The molecule has 0 unspecified atom stereocenters. The average Bonchev–Trinajstić information content (AvgIpc) is 2.08. The quantitative estimate of drug-likeness (QED) is 0.546. The Morgan fingerprint density at radius 3 is 2.53 bits per heavy atom. The second-order valence-corrected chi connectivity index (χ2v) is 4.29. The molecule has 0 N–H and O–H groups in total. The van der Waals surface area contributed by atoms with E-state index in [1.54, 1.807) is 0 Å². The van der Waals surface area contributed by atoms with E-state index in [4.69, 9.17) is 4.74 Å². The molecule has 0 aromatic heterocycles. The van der Waals surface area contributed by atoms with Crippen molar-refractivity contribution in [3.05, 3.63) is 29.3 Å². The number of benzene rings is 1. The second kappa shape index (κ2) is 4.05. The number of ether oxygens (including phenoxy) is 1. The van der Waals surface area contributed by atoms with E-state index < -0.39 is 0 Å². The third-order valence-electron chi connectivity index (χ3n) is 3.14. The van der Waals surface area contributed by atoms with Gasteiger partial charge in [0.05, 0.1) is 5.92 Å². The van der Waals surface area contributed by atoms with E-state index in [-0.39, 0.29) is 11.9 Å². The van der Waals surface area contributed by atoms with Crippen LogP contribution in [0, 0.1) is 19.8 Å². The van der Waals surface area contributed by atoms with Gasteiger partial charge >= 0.3 is 5.97 Å². The second-order valence-electron chi connectivity index (χ2n) is 4.29. The Hall–Kier alpha value is -1.31. The summed E-state index contributed by atoms with van der Waals surface area (Å²) in [6.45, 7) is 4.07. The molecule has 2 heteroatoms. The van der Waals surface area contributed by atoms with Crippen LogP contribution in [0.1, 0.15) is 30.4 Å². The number of aryl methyl sites for hydroxylation is 2. The molecule has 15 heavy (non-hydrogen) atoms. The number of carbonyl (C=O) groups excluding carboxylic acids is 1. The highest BCUT2D eigenvalue weighted by atomic mass is 16.5. The molecule has 0 spiro atoms. The lowest BCUT2D eigenvalue weighted by atomic mass is 9.86. The van der Waals surface area contributed by atoms with Crippen molar-refractivity contribution in [2.45, 2.75) is 33.1 Å². The van der Waals surface area contributed by atoms with E-state index in [9.17, 15) is 4.79 Å². The van der Waals surface area contributed by atoms with Crippen LogP contribution in [0.2, 0.25) is 0 Å². The Kier molecular flexibility index (Phi) is 2.76. The standard InChI is InChI=1S/C13H16O2/c1-9-6-7-12(8-10(9)2)15-13(14)11-4-3-5-11/h6-8,11H,3-5H2,1-2H3. The van der Waals surface area contributed by atoms with Gasteiger partial charge in [0, 0.05) is 0 Å². The SMILES string of the molecule is Cc1ccc(OC(=O)C2CCC2)cc1C. The number of hydrogen-bond acceptors (Lipinski definition) is 2. The maximum Gasteiger partial charge on any atom is 0.314 e. The zero-order valence-corrected chi connectivity index (χ0v) is 9.25. The first-order chi connectivity index (χ1) is 7.16. The first-order valence-corrected chi connectivity index (χ1v) is 5.46. The minimum atomic E-state index is -0.0653. The predicted octanol–water partition coefficient (Wildman–Crippen LogP) is 3.01. The van der Waals surface area contributed by atoms with Gasteiger partial charge in [0.1, 0.15) is 5.75 Å². The van der Waals surface area contributed by atoms with Gasteiger partial charge in [-0.05, 0) is 49.9 Å². The third kappa shape index (κ3) is 2.20. The molecule has 0 aliphatic heterocycles. The van der Waals surface area contributed by atoms with Crippen molar-refractivity contribution in [2.24, 2.45) is 5.92 Å². The molecule has 1 fully saturated rings. The molecule has 1 aliphatic carbocycles. The molecule has 0 amide bonds. The summed E-state index contributed by atoms with van der Waals surface area (Å²) < 4.78 is 5.32. The first-order valence-electron chi connectivity index (χ1n) is 5.46. The molecule has 2 rings (SSSR count). The Labute approximate surface area is 90.3 Å². The maximum absolute atomic E-state index is 11.6. The minimum Gasteiger partial charge on any atom is -0.426 e. The van der Waals surface area contributed by atoms with Crippen LogP contribution in [-0.4, -0.2) is 5.97 Å². The molecule has 1 aromatic carbocycles. The summed E-state index contributed by atoms with van der Waals surface area (Å²) in [4.78, 5) is 11.6. The van der Waals surface area contributed by atoms with Crippen LogP contribution in [-0.2, 0) is 4.79 Å². The van der Waals surface area contributed by atoms with E-state index in [0.717, 1.165) is 24.8 Å². The van der Waals surface area contributed by atoms with Gasteiger partial charge < -0.3 is 4.74 Å². The molecule has 2 nitrogen and oxygen atoms in total. The van der Waals surface area contributed by atoms with E-state index in [2.05, 4.69) is 0 Å². The van der Waals surface area contributed by atoms with Gasteiger partial charge in [-0.2, -0.15) is 0 Å². The third-order valence-corrected chi connectivity index (χ3v) is 3.14. The van der Waals surface area contributed by atoms with Crippen LogP contribution in [0.25, 0.3) is 0 Å². The summed E-state index contributed by atoms with van der Waals surface area (Å²) in [6, 6.07) is 5.77. The van der Waals surface area contributed by atoms with Crippen molar-refractivity contribution < 1.29 is 9.53 Å². The lowest BCUT2D eigenvalue weighted by Gasteiger charge is -2.23. The summed E-state index contributed by atoms with van der Waals surface area (Å²) in [6.07, 6.45) is 3.14. The smallest absolute Gasteiger partial charge is 0.314 e. The van der Waals surface area contributed by atoms with Crippen molar-refractivity contribution in [2.75, 3.05) is 0 Å². The molecule has 0 radical (unpaired) electrons. The molecular formula is C13H16O2. The number of rotatable bonds is 2. The maximum atomic E-state index is 11.6. The highest BCUT2D eigenvalue weighted by molar-refractivity contribution is 5.75. The summed E-state index contributed by atoms with van der Waals surface area (Å²) in [5.41, 5.74) is 2.38. The fraction of sp³-hybridized carbons (Fsp3) is 0.462. The van der Waals surface area contributed by atoms with Crippen LogP contribution >= 0.6 is 0 Å². The Morgan fingerprint density at radius 1 is 1.27 bits per heavy atom. The normalized spacial score (nSPS) is 15.9. The van der Waals surface area contributed by atoms with Crippen LogP contribution in [0.15, 0.2) is 18.2 Å². The molecule has 1 aromatic rings. The van der Waals surface area contributed by atoms with Gasteiger partial charge in [0.25, 0.3) is 0 Å². The summed E-state index contributed by atoms with van der Waals surface area (Å²) in [5, 5.41) is 0. The summed E-state index contributed by atoms with van der Waals surface area (Å²) in [7, 11) is 0. The van der Waals surface area contributed by atoms with Gasteiger partial charge in [-0.3, -0.25) is 4.79 Å². The van der Waals surface area contributed by atoms with Crippen LogP contribution in [0.3, 0.4) is 0 Å². The van der Waals surface area contributed by atoms with Gasteiger partial charge in [-0.25, -0.2) is 0 Å². The van der Waals surface area contributed by atoms with Gasteiger partial charge in [0.15, 0.2) is 0 Å². The molecule has 0 saturated heterocycles. The van der Waals surface area contributed by atoms with E-state index in [1.165, 1.54) is 5.56 Å². The lowest BCUT2D eigenvalue weighted by molar-refractivity contribution is -0.141. The van der Waals surface area contributed by atoms with Crippen LogP contribution in [0.4, 0.5) is 0 Å². The van der Waals surface area contributed by atoms with Crippen molar-refractivity contribution in [3.63, 3.8) is 0 Å². The highest BCUT2D eigenvalue weighted by Gasteiger charge is 2.27. The molecule has 1 saturated carbocycles. The molecular weight excluding hydrogens is 188 g/mol. The van der Waals surface area contributed by atoms with E-state index >= 15 is 0 Å². The fourth-order valence-corrected chi connectivity index (χ4v) is 1.62. The summed E-state index contributed by atoms with van der Waals surface area (Å²) in [5.74, 6) is 0.756. The number of hydrogen-bond donors (Lipinski definition) is 0. The fourth-order valence-electron chi connectivity index (χ4n) is 1.62. The Bertz CT molecular complexity index is 378. The van der Waals surface area contributed by atoms with Crippen LogP contribution < -0.4 is 4.74 Å². The lowest BCUT2D eigenvalue weighted by Crippen LogP contribution is -2.26. The van der Waals surface area contributed by atoms with Crippen LogP contribution in [0.5, 0.6) is 5.75 Å². The first kappa shape index (κ1) is 10.2. The van der Waals surface area contributed by atoms with Gasteiger partial charge in [0.2, 0.25) is 0 Å². The van der Waals surface area contributed by atoms with Gasteiger partial charge in [-0.15, -0.1) is 0 Å². The minimum absolute atomic E-state index is 0.0653. The van der Waals surface area contributed by atoms with E-state index in [1.807, 2.05) is 32.0 Å². The zero-order chi connectivity index (χ0) is 10.8. The molecule has 0 bridgehead atoms. The van der Waals surface area contributed by atoms with Crippen molar-refractivity contribution in [3.8, 4) is 5.75 Å². The van der Waals surface area contributed by atoms with E-state index in [0.29, 0.717) is 5.75 Å². The largest absolute Gasteiger partial charge is 0.426 e. The molecule has 0 heterocycles. The Balaban J connectivity index is 2.03. The highest BCUT2D eigenvalue weighted by Crippen LogP contribution is 2.28. The van der Waals surface area contributed by atoms with Crippen molar-refractivity contribution >= 4 is 5.97 Å². The molecule has 0 atom stereocenters. The van der Waals surface area contributed by atoms with Gasteiger partial charge in [-0.1, -0.05) is 12.5 Å². The molecule has 80 valence electrons. The number of esters is 1. The summed E-state index contributed by atoms with van der Waals surface area (Å²) >= 11 is 0. The topological polar surface area (TPSA) is 26.3 Å². The predicted molar refractivity (Wildman–Crippen MR) is 58.9 cm³/mol. The number of carbonyl (C=O) groups is 1.